The number of rotatable bonds is 4. The van der Waals surface area contributed by atoms with E-state index in [9.17, 15) is 28.0 Å². The van der Waals surface area contributed by atoms with Gasteiger partial charge in [0.15, 0.2) is 6.20 Å². The minimum Gasteiger partial charge on any atom is -0.618 e. The summed E-state index contributed by atoms with van der Waals surface area (Å²) in [5.74, 6) is -0.751. The molecule has 2 bridgehead atoms. The molecule has 1 saturated carbocycles. The van der Waals surface area contributed by atoms with Crippen LogP contribution in [0.4, 0.5) is 29.3 Å². The third-order valence-corrected chi connectivity index (χ3v) is 8.14. The first-order valence-corrected chi connectivity index (χ1v) is 13.8. The van der Waals surface area contributed by atoms with Crippen molar-refractivity contribution in [3.8, 4) is 22.4 Å². The first kappa shape index (κ1) is 28.3. The maximum absolute atomic E-state index is 14.7. The average molecular weight is 592 g/mol. The number of aromatic nitrogens is 3. The summed E-state index contributed by atoms with van der Waals surface area (Å²) in [5, 5.41) is 19.0. The van der Waals surface area contributed by atoms with Gasteiger partial charge < -0.3 is 20.2 Å². The molecule has 2 amide bonds. The molecule has 2 aromatic carbocycles. The van der Waals surface area contributed by atoms with Crippen molar-refractivity contribution < 1.29 is 32.2 Å². The zero-order valence-electron chi connectivity index (χ0n) is 23.3. The molecule has 0 spiro atoms. The third-order valence-electron chi connectivity index (χ3n) is 8.14. The highest BCUT2D eigenvalue weighted by Gasteiger charge is 2.43. The molecule has 1 fully saturated rings. The van der Waals surface area contributed by atoms with Crippen molar-refractivity contribution in [1.29, 1.82) is 0 Å². The Morgan fingerprint density at radius 3 is 2.72 bits per heavy atom. The van der Waals surface area contributed by atoms with Gasteiger partial charge in [0.1, 0.15) is 17.6 Å². The summed E-state index contributed by atoms with van der Waals surface area (Å²) in [7, 11) is 1.25. The highest BCUT2D eigenvalue weighted by molar-refractivity contribution is 5.97. The second-order valence-electron chi connectivity index (χ2n) is 10.9. The number of anilines is 2. The highest BCUT2D eigenvalue weighted by Crippen LogP contribution is 2.49. The van der Waals surface area contributed by atoms with Crippen molar-refractivity contribution in [3.63, 3.8) is 0 Å². The lowest BCUT2D eigenvalue weighted by Gasteiger charge is -2.17. The van der Waals surface area contributed by atoms with E-state index in [1.165, 1.54) is 25.3 Å². The largest absolute Gasteiger partial charge is 0.618 e. The summed E-state index contributed by atoms with van der Waals surface area (Å²) in [6.07, 6.45) is -0.849. The van der Waals surface area contributed by atoms with Gasteiger partial charge in [-0.05, 0) is 61.9 Å². The Bertz CT molecular complexity index is 1740. The van der Waals surface area contributed by atoms with Crippen LogP contribution in [0.3, 0.4) is 0 Å². The van der Waals surface area contributed by atoms with Crippen molar-refractivity contribution in [2.75, 3.05) is 17.7 Å². The number of alkyl halides is 2. The number of nitrogens with zero attached hydrogens (tertiary/aromatic N) is 2. The molecule has 3 N–H and O–H groups in total. The number of imidazole rings is 1. The zero-order chi connectivity index (χ0) is 30.4. The fourth-order valence-electron chi connectivity index (χ4n) is 5.91. The Kier molecular flexibility index (Phi) is 7.28. The van der Waals surface area contributed by atoms with Gasteiger partial charge in [0.05, 0.1) is 24.1 Å². The molecular formula is C31H28F3N5O4. The molecule has 6 rings (SSSR count). The minimum absolute atomic E-state index is 0.0443. The summed E-state index contributed by atoms with van der Waals surface area (Å²) in [5.41, 5.74) is 2.30. The summed E-state index contributed by atoms with van der Waals surface area (Å²) < 4.78 is 47.3. The number of benzene rings is 2. The van der Waals surface area contributed by atoms with Gasteiger partial charge >= 0.3 is 6.09 Å². The van der Waals surface area contributed by atoms with Crippen LogP contribution < -0.4 is 15.4 Å². The van der Waals surface area contributed by atoms with Gasteiger partial charge in [0, 0.05) is 40.6 Å². The van der Waals surface area contributed by atoms with Crippen molar-refractivity contribution in [2.45, 2.75) is 38.5 Å². The quantitative estimate of drug-likeness (QED) is 0.186. The van der Waals surface area contributed by atoms with Crippen molar-refractivity contribution >= 4 is 23.4 Å². The number of hydrogen-bond acceptors (Lipinski definition) is 5. The van der Waals surface area contributed by atoms with E-state index < -0.39 is 29.8 Å². The van der Waals surface area contributed by atoms with Gasteiger partial charge in [-0.2, -0.15) is 4.73 Å². The van der Waals surface area contributed by atoms with E-state index in [1.54, 1.807) is 18.2 Å². The van der Waals surface area contributed by atoms with Crippen LogP contribution in [-0.2, 0) is 9.53 Å². The summed E-state index contributed by atoms with van der Waals surface area (Å²) in [4.78, 5) is 33.0. The number of fused-ring (bicyclic) bond motifs is 5. The number of methoxy groups -OCH3 is 1. The van der Waals surface area contributed by atoms with Crippen LogP contribution in [0.25, 0.3) is 22.4 Å². The van der Waals surface area contributed by atoms with E-state index in [4.69, 9.17) is 4.98 Å². The van der Waals surface area contributed by atoms with E-state index in [2.05, 4.69) is 20.4 Å². The lowest BCUT2D eigenvalue weighted by molar-refractivity contribution is -0.614. The van der Waals surface area contributed by atoms with Crippen molar-refractivity contribution in [2.24, 2.45) is 11.8 Å². The number of H-pyrrole nitrogens is 1. The van der Waals surface area contributed by atoms with Gasteiger partial charge in [0.25, 0.3) is 6.43 Å². The Morgan fingerprint density at radius 1 is 1.16 bits per heavy atom. The number of halogens is 3. The fourth-order valence-corrected chi connectivity index (χ4v) is 5.91. The van der Waals surface area contributed by atoms with Crippen molar-refractivity contribution in [3.05, 3.63) is 88.5 Å². The van der Waals surface area contributed by atoms with Gasteiger partial charge in [0.2, 0.25) is 11.6 Å². The maximum atomic E-state index is 14.7. The van der Waals surface area contributed by atoms with E-state index in [1.807, 2.05) is 6.92 Å². The van der Waals surface area contributed by atoms with Crippen molar-refractivity contribution in [1.82, 2.24) is 9.97 Å². The number of amides is 2. The number of carbonyl (C=O) groups excluding carboxylic acids is 2. The standard InChI is InChI=1S/C31H28F3N5O4/c1-15-28-20-8-7-19(36-31(41)43-2)13-24(20)37-26(40)12-18-10-17(18)11-22(30(35-15)38-28)25-9-6-16(14-39(25)42)27-21(29(33)34)4-3-5-23(27)32/h3-9,13-14,17-18,22,29H,10-12H2,1-2H3,(H,35,38)(H,36,41)(H,37,40). The van der Waals surface area contributed by atoms with Crippen LogP contribution in [0.1, 0.15) is 54.4 Å². The number of aryl methyl sites for hydroxylation is 1. The average Bonchev–Trinajstić information content (AvgIpc) is 3.57. The SMILES string of the molecule is COC(=O)Nc1ccc2c(c1)NC(=O)CC1CC1CC(c1ccc(-c3c(F)cccc3C(F)F)c[n+]1[O-])c1nc-2c(C)[nH]1. The van der Waals surface area contributed by atoms with Crippen LogP contribution in [0.5, 0.6) is 0 Å². The number of ether oxygens (including phenoxy) is 1. The summed E-state index contributed by atoms with van der Waals surface area (Å²) >= 11 is 0. The number of nitrogens with one attached hydrogen (secondary N) is 3. The predicted octanol–water partition coefficient (Wildman–Crippen LogP) is 6.44. The fraction of sp³-hybridized carbons (Fsp3) is 0.290. The number of pyridine rings is 1. The molecule has 3 heterocycles. The summed E-state index contributed by atoms with van der Waals surface area (Å²) in [6, 6.07) is 11.5. The Labute approximate surface area is 244 Å². The van der Waals surface area contributed by atoms with Crippen LogP contribution in [0, 0.1) is 29.8 Å². The normalized spacial score (nSPS) is 19.4. The topological polar surface area (TPSA) is 123 Å². The Balaban J connectivity index is 1.43. The molecule has 3 unspecified atom stereocenters. The second kappa shape index (κ2) is 11.1. The predicted molar refractivity (Wildman–Crippen MR) is 152 cm³/mol. The second-order valence-corrected chi connectivity index (χ2v) is 10.9. The monoisotopic (exact) mass is 591 g/mol. The van der Waals surface area contributed by atoms with Gasteiger partial charge in [-0.15, -0.1) is 0 Å². The van der Waals surface area contributed by atoms with Crippen LogP contribution >= 0.6 is 0 Å². The molecule has 43 heavy (non-hydrogen) atoms. The van der Waals surface area contributed by atoms with Gasteiger partial charge in [-0.1, -0.05) is 12.1 Å². The number of aromatic amines is 1. The molecule has 3 atom stereocenters. The zero-order valence-corrected chi connectivity index (χ0v) is 23.3. The Morgan fingerprint density at radius 2 is 1.98 bits per heavy atom. The molecular weight excluding hydrogens is 563 g/mol. The van der Waals surface area contributed by atoms with E-state index >= 15 is 0 Å². The molecule has 1 aliphatic heterocycles. The molecule has 2 aromatic heterocycles. The lowest BCUT2D eigenvalue weighted by atomic mass is 9.94. The number of hydrogen-bond donors (Lipinski definition) is 3. The van der Waals surface area contributed by atoms with Gasteiger partial charge in [-0.25, -0.2) is 22.9 Å². The Hall–Kier alpha value is -4.87. The molecule has 0 radical (unpaired) electrons. The smallest absolute Gasteiger partial charge is 0.411 e. The maximum Gasteiger partial charge on any atom is 0.411 e. The van der Waals surface area contributed by atoms with E-state index in [0.29, 0.717) is 51.0 Å². The van der Waals surface area contributed by atoms with Crippen LogP contribution in [0.2, 0.25) is 0 Å². The number of carbonyl (C=O) groups is 2. The third kappa shape index (κ3) is 5.52. The molecule has 9 nitrogen and oxygen atoms in total. The first-order chi connectivity index (χ1) is 20.6. The van der Waals surface area contributed by atoms with E-state index in [0.717, 1.165) is 24.8 Å². The molecule has 4 aromatic rings. The van der Waals surface area contributed by atoms with Crippen LogP contribution in [0.15, 0.2) is 54.7 Å². The van der Waals surface area contributed by atoms with Crippen LogP contribution in [-0.4, -0.2) is 29.1 Å². The molecule has 0 saturated heterocycles. The first-order valence-electron chi connectivity index (χ1n) is 13.8. The molecule has 2 aliphatic rings. The minimum atomic E-state index is -2.92. The highest BCUT2D eigenvalue weighted by atomic mass is 19.3. The molecule has 12 heteroatoms. The van der Waals surface area contributed by atoms with E-state index in [-0.39, 0.29) is 35.3 Å². The summed E-state index contributed by atoms with van der Waals surface area (Å²) in [6.45, 7) is 1.83. The van der Waals surface area contributed by atoms with Gasteiger partial charge in [-0.3, -0.25) is 10.1 Å². The molecule has 1 aliphatic carbocycles. The molecule has 222 valence electrons. The lowest BCUT2D eigenvalue weighted by Crippen LogP contribution is -2.34.